The Labute approximate surface area is 170 Å². The highest BCUT2D eigenvalue weighted by Gasteiger charge is 2.17. The Morgan fingerprint density at radius 3 is 1.70 bits per heavy atom. The van der Waals surface area contributed by atoms with E-state index in [9.17, 15) is 0 Å². The van der Waals surface area contributed by atoms with Gasteiger partial charge in [-0.3, -0.25) is 0 Å². The Balaban J connectivity index is 2.06. The van der Waals surface area contributed by atoms with Crippen LogP contribution in [0.5, 0.6) is 0 Å². The van der Waals surface area contributed by atoms with Crippen molar-refractivity contribution in [1.29, 1.82) is 0 Å². The van der Waals surface area contributed by atoms with Crippen LogP contribution in [0.2, 0.25) is 0 Å². The van der Waals surface area contributed by atoms with E-state index in [1.54, 1.807) is 0 Å². The molecule has 2 heteroatoms. The number of rotatable bonds is 18. The van der Waals surface area contributed by atoms with E-state index in [2.05, 4.69) is 38.5 Å². The highest BCUT2D eigenvalue weighted by Crippen LogP contribution is 2.28. The fourth-order valence-electron chi connectivity index (χ4n) is 4.24. The van der Waals surface area contributed by atoms with Gasteiger partial charge in [0.05, 0.1) is 0 Å². The second-order valence-electron chi connectivity index (χ2n) is 8.80. The van der Waals surface area contributed by atoms with Gasteiger partial charge in [-0.15, -0.1) is 0 Å². The molecule has 1 unspecified atom stereocenters. The van der Waals surface area contributed by atoms with Crippen molar-refractivity contribution >= 4 is 0 Å². The van der Waals surface area contributed by atoms with Crippen LogP contribution in [-0.2, 0) is 0 Å². The van der Waals surface area contributed by atoms with Gasteiger partial charge in [-0.05, 0) is 26.7 Å². The molecule has 0 saturated heterocycles. The van der Waals surface area contributed by atoms with Gasteiger partial charge in [0, 0.05) is 24.4 Å². The number of unbranched alkanes of at least 4 members (excludes halogenated alkanes) is 12. The number of hydrogen-bond acceptors (Lipinski definition) is 1. The second-order valence-corrected chi connectivity index (χ2v) is 8.80. The molecule has 0 radical (unpaired) electrons. The highest BCUT2D eigenvalue weighted by molar-refractivity contribution is 5.02. The zero-order valence-electron chi connectivity index (χ0n) is 19.0. The third-order valence-corrected chi connectivity index (χ3v) is 5.91. The molecule has 0 fully saturated rings. The zero-order valence-corrected chi connectivity index (χ0v) is 19.0. The Bertz CT molecular complexity index is 435. The van der Waals surface area contributed by atoms with Crippen molar-refractivity contribution < 1.29 is 0 Å². The summed E-state index contributed by atoms with van der Waals surface area (Å²) in [7, 11) is 0. The molecule has 0 spiro atoms. The smallest absolute Gasteiger partial charge is 0.111 e. The van der Waals surface area contributed by atoms with E-state index in [0.717, 1.165) is 0 Å². The van der Waals surface area contributed by atoms with Crippen LogP contribution in [0.1, 0.15) is 148 Å². The molecule has 1 rings (SSSR count). The van der Waals surface area contributed by atoms with E-state index >= 15 is 0 Å². The lowest BCUT2D eigenvalue weighted by molar-refractivity contribution is 0.457. The van der Waals surface area contributed by atoms with Gasteiger partial charge in [0.25, 0.3) is 0 Å². The SMILES string of the molecule is CCCCCCCCCCCCCCCC(CCC)c1nccn1C(C)C. The summed E-state index contributed by atoms with van der Waals surface area (Å²) < 4.78 is 2.38. The number of aromatic nitrogens is 2. The molecule has 2 nitrogen and oxygen atoms in total. The quantitative estimate of drug-likeness (QED) is 0.234. The maximum Gasteiger partial charge on any atom is 0.111 e. The first-order valence-electron chi connectivity index (χ1n) is 12.2. The van der Waals surface area contributed by atoms with Crippen LogP contribution in [-0.4, -0.2) is 9.55 Å². The maximum atomic E-state index is 4.70. The van der Waals surface area contributed by atoms with Crippen LogP contribution in [0, 0.1) is 0 Å². The fourth-order valence-corrected chi connectivity index (χ4v) is 4.24. The number of imidazole rings is 1. The molecule has 158 valence electrons. The van der Waals surface area contributed by atoms with Crippen LogP contribution in [0.4, 0.5) is 0 Å². The predicted octanol–water partition coefficient (Wildman–Crippen LogP) is 8.83. The summed E-state index contributed by atoms with van der Waals surface area (Å²) in [5.41, 5.74) is 0. The molecular weight excluding hydrogens is 328 g/mol. The predicted molar refractivity (Wildman–Crippen MR) is 121 cm³/mol. The third-order valence-electron chi connectivity index (χ3n) is 5.91. The Hall–Kier alpha value is -0.790. The lowest BCUT2D eigenvalue weighted by Crippen LogP contribution is -2.11. The molecule has 1 aromatic rings. The highest BCUT2D eigenvalue weighted by atomic mass is 15.1. The van der Waals surface area contributed by atoms with Crippen molar-refractivity contribution in [2.45, 2.75) is 142 Å². The summed E-state index contributed by atoms with van der Waals surface area (Å²) in [6, 6.07) is 0.522. The summed E-state index contributed by atoms with van der Waals surface area (Å²) in [5, 5.41) is 0. The monoisotopic (exact) mass is 376 g/mol. The standard InChI is InChI=1S/C25H48N2/c1-5-7-8-9-10-11-12-13-14-15-16-17-18-20-24(19-6-2)25-26-21-22-27(25)23(3)4/h21-24H,5-20H2,1-4H3. The summed E-state index contributed by atoms with van der Waals surface area (Å²) >= 11 is 0. The molecule has 0 aromatic carbocycles. The molecule has 0 saturated carbocycles. The molecule has 1 atom stereocenters. The minimum Gasteiger partial charge on any atom is -0.332 e. The first-order valence-corrected chi connectivity index (χ1v) is 12.2. The first-order chi connectivity index (χ1) is 13.2. The van der Waals surface area contributed by atoms with Crippen molar-refractivity contribution in [2.24, 2.45) is 0 Å². The van der Waals surface area contributed by atoms with E-state index in [4.69, 9.17) is 4.98 Å². The van der Waals surface area contributed by atoms with Crippen molar-refractivity contribution in [3.8, 4) is 0 Å². The Kier molecular flexibility index (Phi) is 14.5. The van der Waals surface area contributed by atoms with E-state index in [0.29, 0.717) is 12.0 Å². The Morgan fingerprint density at radius 2 is 1.22 bits per heavy atom. The zero-order chi connectivity index (χ0) is 19.7. The fraction of sp³-hybridized carbons (Fsp3) is 0.880. The average Bonchev–Trinajstić information content (AvgIpc) is 3.14. The van der Waals surface area contributed by atoms with E-state index in [1.165, 1.54) is 109 Å². The van der Waals surface area contributed by atoms with Crippen molar-refractivity contribution in [1.82, 2.24) is 9.55 Å². The summed E-state index contributed by atoms with van der Waals surface area (Å²) in [4.78, 5) is 4.70. The molecule has 0 aliphatic rings. The van der Waals surface area contributed by atoms with Crippen LogP contribution in [0.25, 0.3) is 0 Å². The van der Waals surface area contributed by atoms with Crippen LogP contribution < -0.4 is 0 Å². The van der Waals surface area contributed by atoms with Gasteiger partial charge in [-0.2, -0.15) is 0 Å². The van der Waals surface area contributed by atoms with Gasteiger partial charge in [0.2, 0.25) is 0 Å². The minimum absolute atomic E-state index is 0.522. The van der Waals surface area contributed by atoms with Crippen molar-refractivity contribution in [3.63, 3.8) is 0 Å². The van der Waals surface area contributed by atoms with Gasteiger partial charge in [0.15, 0.2) is 0 Å². The lowest BCUT2D eigenvalue weighted by atomic mass is 9.94. The molecule has 27 heavy (non-hydrogen) atoms. The molecule has 1 heterocycles. The van der Waals surface area contributed by atoms with Crippen LogP contribution >= 0.6 is 0 Å². The first kappa shape index (κ1) is 24.2. The van der Waals surface area contributed by atoms with E-state index in [-0.39, 0.29) is 0 Å². The van der Waals surface area contributed by atoms with Gasteiger partial charge in [-0.1, -0.05) is 104 Å². The van der Waals surface area contributed by atoms with Crippen molar-refractivity contribution in [2.75, 3.05) is 0 Å². The second kappa shape index (κ2) is 16.2. The van der Waals surface area contributed by atoms with Crippen molar-refractivity contribution in [3.05, 3.63) is 18.2 Å². The molecule has 1 aromatic heterocycles. The van der Waals surface area contributed by atoms with Gasteiger partial charge in [-0.25, -0.2) is 4.98 Å². The molecule has 0 N–H and O–H groups in total. The molecule has 0 aliphatic carbocycles. The van der Waals surface area contributed by atoms with Gasteiger partial charge >= 0.3 is 0 Å². The largest absolute Gasteiger partial charge is 0.332 e. The topological polar surface area (TPSA) is 17.8 Å². The summed E-state index contributed by atoms with van der Waals surface area (Å²) in [5.74, 6) is 1.98. The molecule has 0 aliphatic heterocycles. The molecule has 0 amide bonds. The maximum absolute atomic E-state index is 4.70. The summed E-state index contributed by atoms with van der Waals surface area (Å²) in [6.07, 6.45) is 26.6. The summed E-state index contributed by atoms with van der Waals surface area (Å²) in [6.45, 7) is 9.13. The lowest BCUT2D eigenvalue weighted by Gasteiger charge is -2.20. The number of hydrogen-bond donors (Lipinski definition) is 0. The Morgan fingerprint density at radius 1 is 0.704 bits per heavy atom. The normalized spacial score (nSPS) is 12.8. The van der Waals surface area contributed by atoms with E-state index < -0.39 is 0 Å². The molecule has 0 bridgehead atoms. The van der Waals surface area contributed by atoms with Gasteiger partial charge < -0.3 is 4.57 Å². The van der Waals surface area contributed by atoms with Gasteiger partial charge in [0.1, 0.15) is 5.82 Å². The van der Waals surface area contributed by atoms with Crippen LogP contribution in [0.3, 0.4) is 0 Å². The average molecular weight is 377 g/mol. The van der Waals surface area contributed by atoms with Crippen LogP contribution in [0.15, 0.2) is 12.4 Å². The minimum atomic E-state index is 0.522. The third kappa shape index (κ3) is 11.0. The van der Waals surface area contributed by atoms with E-state index in [1.807, 2.05) is 6.20 Å². The molecular formula is C25H48N2. The number of nitrogens with zero attached hydrogens (tertiary/aromatic N) is 2.